The fraction of sp³-hybridized carbons (Fsp3) is 0.125. The third-order valence-corrected chi connectivity index (χ3v) is 1.34. The van der Waals surface area contributed by atoms with Crippen LogP contribution >= 0.6 is 11.6 Å². The van der Waals surface area contributed by atoms with Gasteiger partial charge >= 0.3 is 11.4 Å². The van der Waals surface area contributed by atoms with Gasteiger partial charge in [-0.2, -0.15) is 8.78 Å². The third-order valence-electron chi connectivity index (χ3n) is 1.19. The van der Waals surface area contributed by atoms with E-state index in [-0.39, 0.29) is 5.75 Å². The van der Waals surface area contributed by atoms with E-state index in [1.807, 2.05) is 0 Å². The number of carbonyl (C=O) groups excluding carboxylic acids is 1. The van der Waals surface area contributed by atoms with Crippen molar-refractivity contribution < 1.29 is 18.3 Å². The van der Waals surface area contributed by atoms with E-state index in [1.165, 1.54) is 12.1 Å². The van der Waals surface area contributed by atoms with E-state index in [2.05, 4.69) is 16.3 Å². The highest BCUT2D eigenvalue weighted by molar-refractivity contribution is 6.31. The van der Waals surface area contributed by atoms with Crippen molar-refractivity contribution in [1.82, 2.24) is 0 Å². The second-order valence-corrected chi connectivity index (χ2v) is 2.68. The van der Waals surface area contributed by atoms with Gasteiger partial charge in [0, 0.05) is 0 Å². The summed E-state index contributed by atoms with van der Waals surface area (Å²) in [4.78, 5) is 10.5. The lowest BCUT2D eigenvalue weighted by atomic mass is 10.3. The summed E-state index contributed by atoms with van der Waals surface area (Å²) in [5, 5.41) is -3.98. The summed E-state index contributed by atoms with van der Waals surface area (Å²) in [6.07, 6.45) is 0. The zero-order valence-electron chi connectivity index (χ0n) is 6.34. The molecule has 0 N–H and O–H groups in total. The Kier molecular flexibility index (Phi) is 2.83. The summed E-state index contributed by atoms with van der Waals surface area (Å²) in [5.74, 6) is -1.74. The normalized spacial score (nSPS) is 11.0. The van der Waals surface area contributed by atoms with E-state index in [4.69, 9.17) is 0 Å². The largest absolute Gasteiger partial charge is 0.421 e. The first-order valence-electron chi connectivity index (χ1n) is 3.34. The molecule has 0 atom stereocenters. The SMILES string of the molecule is O=C(Oc1ccccc1)C(F)(F)Cl. The number of rotatable bonds is 2. The molecule has 0 saturated heterocycles. The van der Waals surface area contributed by atoms with Crippen molar-refractivity contribution in [3.63, 3.8) is 0 Å². The van der Waals surface area contributed by atoms with E-state index >= 15 is 0 Å². The maximum atomic E-state index is 12.1. The Hall–Kier alpha value is -1.16. The molecule has 0 aliphatic rings. The molecule has 5 heteroatoms. The monoisotopic (exact) mass is 206 g/mol. The molecule has 0 bridgehead atoms. The summed E-state index contributed by atoms with van der Waals surface area (Å²) < 4.78 is 28.4. The fourth-order valence-corrected chi connectivity index (χ4v) is 0.692. The standard InChI is InChI=1S/C8H5ClF2O2/c9-8(10,11)7(12)13-6-4-2-1-3-5-6/h1-5H. The predicted octanol–water partition coefficient (Wildman–Crippen LogP) is 2.42. The Labute approximate surface area is 78.1 Å². The van der Waals surface area contributed by atoms with Crippen LogP contribution in [0.4, 0.5) is 8.78 Å². The number of para-hydroxylation sites is 1. The molecule has 0 aliphatic carbocycles. The van der Waals surface area contributed by atoms with E-state index in [0.29, 0.717) is 0 Å². The summed E-state index contributed by atoms with van der Waals surface area (Å²) >= 11 is 4.43. The molecule has 1 rings (SSSR count). The molecular weight excluding hydrogens is 202 g/mol. The minimum absolute atomic E-state index is 0.0350. The maximum absolute atomic E-state index is 12.1. The molecule has 0 aromatic heterocycles. The molecule has 0 radical (unpaired) electrons. The fourth-order valence-electron chi connectivity index (χ4n) is 0.653. The molecule has 0 unspecified atom stereocenters. The highest BCUT2D eigenvalue weighted by Crippen LogP contribution is 2.22. The Morgan fingerprint density at radius 3 is 2.31 bits per heavy atom. The average Bonchev–Trinajstić information content (AvgIpc) is 2.04. The van der Waals surface area contributed by atoms with Crippen LogP contribution in [0.1, 0.15) is 0 Å². The molecule has 13 heavy (non-hydrogen) atoms. The van der Waals surface area contributed by atoms with Gasteiger partial charge in [-0.1, -0.05) is 18.2 Å². The molecule has 0 heterocycles. The van der Waals surface area contributed by atoms with Crippen molar-refractivity contribution in [3.8, 4) is 5.75 Å². The van der Waals surface area contributed by atoms with Gasteiger partial charge in [0.1, 0.15) is 5.75 Å². The number of hydrogen-bond acceptors (Lipinski definition) is 2. The summed E-state index contributed by atoms with van der Waals surface area (Å²) in [5.41, 5.74) is 0. The van der Waals surface area contributed by atoms with Gasteiger partial charge in [0.25, 0.3) is 0 Å². The van der Waals surface area contributed by atoms with Gasteiger partial charge in [0.05, 0.1) is 0 Å². The van der Waals surface area contributed by atoms with Crippen LogP contribution in [0.3, 0.4) is 0 Å². The molecule has 1 aromatic rings. The molecule has 0 spiro atoms. The number of esters is 1. The minimum atomic E-state index is -3.98. The first kappa shape index (κ1) is 9.92. The van der Waals surface area contributed by atoms with Gasteiger partial charge < -0.3 is 4.74 Å². The second kappa shape index (κ2) is 3.70. The number of halogens is 3. The average molecular weight is 207 g/mol. The number of hydrogen-bond donors (Lipinski definition) is 0. The Morgan fingerprint density at radius 1 is 1.31 bits per heavy atom. The molecule has 1 aromatic carbocycles. The lowest BCUT2D eigenvalue weighted by Crippen LogP contribution is -2.26. The number of alkyl halides is 3. The highest BCUT2D eigenvalue weighted by atomic mass is 35.5. The van der Waals surface area contributed by atoms with Crippen molar-refractivity contribution in [3.05, 3.63) is 30.3 Å². The molecular formula is C8H5ClF2O2. The van der Waals surface area contributed by atoms with Gasteiger partial charge in [-0.3, -0.25) is 0 Å². The van der Waals surface area contributed by atoms with Crippen LogP contribution in [-0.2, 0) is 4.79 Å². The van der Waals surface area contributed by atoms with Gasteiger partial charge in [-0.15, -0.1) is 0 Å². The van der Waals surface area contributed by atoms with Crippen LogP contribution in [0.15, 0.2) is 30.3 Å². The number of carbonyl (C=O) groups is 1. The molecule has 0 saturated carbocycles. The quantitative estimate of drug-likeness (QED) is 0.422. The number of ether oxygens (including phenoxy) is 1. The summed E-state index contributed by atoms with van der Waals surface area (Å²) in [7, 11) is 0. The Balaban J connectivity index is 2.66. The first-order valence-corrected chi connectivity index (χ1v) is 3.72. The van der Waals surface area contributed by atoms with Crippen molar-refractivity contribution in [2.24, 2.45) is 0 Å². The summed E-state index contributed by atoms with van der Waals surface area (Å²) in [6, 6.07) is 7.52. The van der Waals surface area contributed by atoms with Gasteiger partial charge in [0.2, 0.25) is 0 Å². The smallest absolute Gasteiger partial charge is 0.418 e. The van der Waals surface area contributed by atoms with Crippen LogP contribution in [0.5, 0.6) is 5.75 Å². The van der Waals surface area contributed by atoms with Crippen molar-refractivity contribution in [2.75, 3.05) is 0 Å². The zero-order chi connectivity index (χ0) is 9.90. The third kappa shape index (κ3) is 2.99. The molecule has 0 fully saturated rings. The van der Waals surface area contributed by atoms with Crippen LogP contribution in [0.25, 0.3) is 0 Å². The van der Waals surface area contributed by atoms with Gasteiger partial charge in [0.15, 0.2) is 0 Å². The van der Waals surface area contributed by atoms with Crippen molar-refractivity contribution >= 4 is 17.6 Å². The lowest BCUT2D eigenvalue weighted by Gasteiger charge is -2.06. The minimum Gasteiger partial charge on any atom is -0.421 e. The second-order valence-electron chi connectivity index (χ2n) is 2.20. The Bertz CT molecular complexity index is 295. The molecule has 70 valence electrons. The maximum Gasteiger partial charge on any atom is 0.418 e. The van der Waals surface area contributed by atoms with E-state index in [0.717, 1.165) is 0 Å². The van der Waals surface area contributed by atoms with Gasteiger partial charge in [-0.25, -0.2) is 4.79 Å². The van der Waals surface area contributed by atoms with Crippen molar-refractivity contribution in [1.29, 1.82) is 0 Å². The van der Waals surface area contributed by atoms with Crippen LogP contribution in [0, 0.1) is 0 Å². The van der Waals surface area contributed by atoms with Crippen LogP contribution in [-0.4, -0.2) is 11.4 Å². The molecule has 0 aliphatic heterocycles. The molecule has 0 amide bonds. The number of benzene rings is 1. The zero-order valence-corrected chi connectivity index (χ0v) is 7.09. The first-order chi connectivity index (χ1) is 6.00. The highest BCUT2D eigenvalue weighted by Gasteiger charge is 2.38. The summed E-state index contributed by atoms with van der Waals surface area (Å²) in [6.45, 7) is 0. The van der Waals surface area contributed by atoms with Crippen LogP contribution in [0.2, 0.25) is 0 Å². The van der Waals surface area contributed by atoms with E-state index < -0.39 is 11.4 Å². The lowest BCUT2D eigenvalue weighted by molar-refractivity contribution is -0.150. The topological polar surface area (TPSA) is 26.3 Å². The predicted molar refractivity (Wildman–Crippen MR) is 42.9 cm³/mol. The van der Waals surface area contributed by atoms with Gasteiger partial charge in [-0.05, 0) is 23.7 Å². The molecule has 2 nitrogen and oxygen atoms in total. The van der Waals surface area contributed by atoms with Crippen molar-refractivity contribution in [2.45, 2.75) is 5.38 Å². The van der Waals surface area contributed by atoms with E-state index in [9.17, 15) is 13.6 Å². The van der Waals surface area contributed by atoms with E-state index in [1.54, 1.807) is 18.2 Å². The van der Waals surface area contributed by atoms with Crippen LogP contribution < -0.4 is 4.74 Å². The Morgan fingerprint density at radius 2 is 1.85 bits per heavy atom.